The highest BCUT2D eigenvalue weighted by atomic mass is 35.5. The lowest BCUT2D eigenvalue weighted by Crippen LogP contribution is -2.12. The first kappa shape index (κ1) is 6.85. The van der Waals surface area contributed by atoms with Gasteiger partial charge in [0.05, 0.1) is 12.7 Å². The van der Waals surface area contributed by atoms with E-state index in [9.17, 15) is 0 Å². The first-order chi connectivity index (χ1) is 4.33. The third-order valence-corrected chi connectivity index (χ3v) is 1.52. The first-order valence-corrected chi connectivity index (χ1v) is 3.48. The average molecular weight is 146 g/mol. The number of hydrogen-bond donors (Lipinski definition) is 0. The number of ether oxygens (including phenoxy) is 1. The van der Waals surface area contributed by atoms with E-state index in [1.54, 1.807) is 0 Å². The summed E-state index contributed by atoms with van der Waals surface area (Å²) in [4.78, 5) is 0. The normalized spacial score (nSPS) is 20.9. The molecule has 50 valence electrons. The average Bonchev–Trinajstić information content (AvgIpc) is 2.65. The van der Waals surface area contributed by atoms with Gasteiger partial charge in [0.25, 0.3) is 0 Å². The minimum Gasteiger partial charge on any atom is -0.359 e. The van der Waals surface area contributed by atoms with Gasteiger partial charge in [-0.05, 0) is 12.8 Å². The van der Waals surface area contributed by atoms with Gasteiger partial charge in [0.1, 0.15) is 0 Å². The molecule has 1 fully saturated rings. The molecule has 0 N–H and O–H groups in total. The van der Waals surface area contributed by atoms with Crippen molar-refractivity contribution in [1.29, 1.82) is 5.26 Å². The van der Waals surface area contributed by atoms with Crippen LogP contribution in [0.1, 0.15) is 12.8 Å². The van der Waals surface area contributed by atoms with E-state index in [2.05, 4.69) is 6.07 Å². The number of alkyl halides is 1. The lowest BCUT2D eigenvalue weighted by atomic mass is 10.4. The summed E-state index contributed by atoms with van der Waals surface area (Å²) < 4.78 is 5.15. The Labute approximate surface area is 59.4 Å². The molecule has 1 aliphatic carbocycles. The molecule has 2 nitrogen and oxygen atoms in total. The van der Waals surface area contributed by atoms with Crippen molar-refractivity contribution in [2.75, 3.05) is 12.5 Å². The second kappa shape index (κ2) is 2.55. The van der Waals surface area contributed by atoms with E-state index in [0.29, 0.717) is 12.5 Å². The highest BCUT2D eigenvalue weighted by Gasteiger charge is 2.44. The van der Waals surface area contributed by atoms with Crippen LogP contribution in [0.2, 0.25) is 0 Å². The second-order valence-electron chi connectivity index (χ2n) is 2.14. The van der Waals surface area contributed by atoms with Gasteiger partial charge >= 0.3 is 0 Å². The zero-order valence-electron chi connectivity index (χ0n) is 5.06. The first-order valence-electron chi connectivity index (χ1n) is 2.94. The van der Waals surface area contributed by atoms with Crippen molar-refractivity contribution in [3.05, 3.63) is 0 Å². The molecule has 0 aromatic heterocycles. The van der Waals surface area contributed by atoms with Gasteiger partial charge in [-0.15, -0.1) is 11.6 Å². The lowest BCUT2D eigenvalue weighted by molar-refractivity contribution is 0.0847. The van der Waals surface area contributed by atoms with Gasteiger partial charge in [-0.25, -0.2) is 0 Å². The molecular formula is C6H8ClNO. The molecule has 0 heterocycles. The molecule has 1 rings (SSSR count). The number of rotatable bonds is 3. The Balaban J connectivity index is 2.20. The van der Waals surface area contributed by atoms with Gasteiger partial charge in [-0.1, -0.05) is 0 Å². The smallest absolute Gasteiger partial charge is 0.154 e. The number of halogens is 1. The largest absolute Gasteiger partial charge is 0.359 e. The quantitative estimate of drug-likeness (QED) is 0.561. The van der Waals surface area contributed by atoms with Crippen LogP contribution >= 0.6 is 11.6 Å². The zero-order chi connectivity index (χ0) is 6.74. The summed E-state index contributed by atoms with van der Waals surface area (Å²) in [6.45, 7) is 0.495. The predicted octanol–water partition coefficient (Wildman–Crippen LogP) is 1.30. The lowest BCUT2D eigenvalue weighted by Gasteiger charge is -2.03. The van der Waals surface area contributed by atoms with Crippen molar-refractivity contribution < 1.29 is 4.74 Å². The van der Waals surface area contributed by atoms with Crippen molar-refractivity contribution in [2.45, 2.75) is 18.4 Å². The molecule has 1 aliphatic rings. The summed E-state index contributed by atoms with van der Waals surface area (Å²) in [5.41, 5.74) is -0.436. The summed E-state index contributed by atoms with van der Waals surface area (Å²) >= 11 is 5.36. The summed E-state index contributed by atoms with van der Waals surface area (Å²) in [6.07, 6.45) is 1.75. The maximum Gasteiger partial charge on any atom is 0.154 e. The minimum atomic E-state index is -0.436. The van der Waals surface area contributed by atoms with E-state index >= 15 is 0 Å². The Morgan fingerprint density at radius 3 is 2.67 bits per heavy atom. The SMILES string of the molecule is N#CC1(OCCCl)CC1. The molecule has 3 heteroatoms. The summed E-state index contributed by atoms with van der Waals surface area (Å²) in [5, 5.41) is 8.47. The number of hydrogen-bond acceptors (Lipinski definition) is 2. The Kier molecular flexibility index (Phi) is 1.94. The monoisotopic (exact) mass is 145 g/mol. The molecule has 0 radical (unpaired) electrons. The van der Waals surface area contributed by atoms with E-state index in [-0.39, 0.29) is 0 Å². The highest BCUT2D eigenvalue weighted by molar-refractivity contribution is 6.17. The van der Waals surface area contributed by atoms with Crippen LogP contribution in [0.15, 0.2) is 0 Å². The fourth-order valence-corrected chi connectivity index (χ4v) is 0.713. The van der Waals surface area contributed by atoms with Gasteiger partial charge in [0.15, 0.2) is 5.60 Å². The van der Waals surface area contributed by atoms with E-state index in [1.165, 1.54) is 0 Å². The molecule has 0 atom stereocenters. The third kappa shape index (κ3) is 1.57. The Morgan fingerprint density at radius 2 is 2.33 bits per heavy atom. The topological polar surface area (TPSA) is 33.0 Å². The molecule has 9 heavy (non-hydrogen) atoms. The van der Waals surface area contributed by atoms with E-state index < -0.39 is 5.60 Å². The molecule has 0 aliphatic heterocycles. The van der Waals surface area contributed by atoms with Crippen LogP contribution in [0.5, 0.6) is 0 Å². The van der Waals surface area contributed by atoms with Crippen LogP contribution in [0.4, 0.5) is 0 Å². The zero-order valence-corrected chi connectivity index (χ0v) is 5.82. The van der Waals surface area contributed by atoms with Crippen molar-refractivity contribution in [3.8, 4) is 6.07 Å². The third-order valence-electron chi connectivity index (χ3n) is 1.36. The fourth-order valence-electron chi connectivity index (χ4n) is 0.636. The maximum atomic E-state index is 8.47. The van der Waals surface area contributed by atoms with Crippen molar-refractivity contribution in [1.82, 2.24) is 0 Å². The van der Waals surface area contributed by atoms with Crippen LogP contribution in [0.25, 0.3) is 0 Å². The molecule has 0 aromatic carbocycles. The van der Waals surface area contributed by atoms with Gasteiger partial charge < -0.3 is 4.74 Å². The molecular weight excluding hydrogens is 138 g/mol. The van der Waals surface area contributed by atoms with Crippen LogP contribution in [0.3, 0.4) is 0 Å². The molecule has 0 saturated heterocycles. The van der Waals surface area contributed by atoms with Gasteiger partial charge in [-0.3, -0.25) is 0 Å². The van der Waals surface area contributed by atoms with Crippen LogP contribution < -0.4 is 0 Å². The Hall–Kier alpha value is -0.260. The van der Waals surface area contributed by atoms with E-state index in [1.807, 2.05) is 0 Å². The van der Waals surface area contributed by atoms with Crippen LogP contribution in [-0.4, -0.2) is 18.1 Å². The summed E-state index contributed by atoms with van der Waals surface area (Å²) in [6, 6.07) is 2.11. The summed E-state index contributed by atoms with van der Waals surface area (Å²) in [5.74, 6) is 0.476. The molecule has 0 amide bonds. The van der Waals surface area contributed by atoms with Crippen molar-refractivity contribution in [2.24, 2.45) is 0 Å². The van der Waals surface area contributed by atoms with Crippen LogP contribution in [-0.2, 0) is 4.74 Å². The van der Waals surface area contributed by atoms with Gasteiger partial charge in [0, 0.05) is 5.88 Å². The Morgan fingerprint density at radius 1 is 1.67 bits per heavy atom. The standard InChI is InChI=1S/C6H8ClNO/c7-3-4-9-6(5-8)1-2-6/h1-4H2. The van der Waals surface area contributed by atoms with E-state index in [4.69, 9.17) is 21.6 Å². The number of nitriles is 1. The van der Waals surface area contributed by atoms with Gasteiger partial charge in [-0.2, -0.15) is 5.26 Å². The van der Waals surface area contributed by atoms with E-state index in [0.717, 1.165) is 12.8 Å². The minimum absolute atomic E-state index is 0.436. The molecule has 1 saturated carbocycles. The predicted molar refractivity (Wildman–Crippen MR) is 34.2 cm³/mol. The maximum absolute atomic E-state index is 8.47. The van der Waals surface area contributed by atoms with Crippen LogP contribution in [0, 0.1) is 11.3 Å². The Bertz CT molecular complexity index is 136. The van der Waals surface area contributed by atoms with Gasteiger partial charge in [0.2, 0.25) is 0 Å². The fraction of sp³-hybridized carbons (Fsp3) is 0.833. The number of nitrogens with zero attached hydrogens (tertiary/aromatic N) is 1. The molecule has 0 unspecified atom stereocenters. The molecule has 0 spiro atoms. The van der Waals surface area contributed by atoms with Crippen molar-refractivity contribution in [3.63, 3.8) is 0 Å². The van der Waals surface area contributed by atoms with Crippen molar-refractivity contribution >= 4 is 11.6 Å². The molecule has 0 aromatic rings. The second-order valence-corrected chi connectivity index (χ2v) is 2.52. The summed E-state index contributed by atoms with van der Waals surface area (Å²) in [7, 11) is 0. The molecule has 0 bridgehead atoms. The highest BCUT2D eigenvalue weighted by Crippen LogP contribution is 2.38.